The first-order chi connectivity index (χ1) is 1.00. The van der Waals surface area contributed by atoms with Crippen molar-refractivity contribution in [3.63, 3.8) is 0 Å². The first-order valence-corrected chi connectivity index (χ1v) is 7.61. The van der Waals surface area contributed by atoms with Crippen molar-refractivity contribution in [3.8, 4) is 0 Å². The normalized spacial score (nSPS) is 0.625. The van der Waals surface area contributed by atoms with Crippen molar-refractivity contribution < 1.29 is 32.9 Å². The maximum atomic E-state index is 4.85. The van der Waals surface area contributed by atoms with Gasteiger partial charge in [-0.15, -0.1) is 0 Å². The molecule has 0 amide bonds. The van der Waals surface area contributed by atoms with Gasteiger partial charge >= 0.3 is 31.8 Å². The molecule has 0 aromatic heterocycles. The van der Waals surface area contributed by atoms with Crippen LogP contribution in [0.25, 0.3) is 0 Å². The molecule has 0 aromatic rings. The third-order valence-corrected chi connectivity index (χ3v) is 0. The van der Waals surface area contributed by atoms with Gasteiger partial charge in [-0.3, -0.25) is 0 Å². The van der Waals surface area contributed by atoms with Crippen LogP contribution < -0.4 is 0 Å². The van der Waals surface area contributed by atoms with E-state index in [1.807, 2.05) is 0 Å². The second-order valence-corrected chi connectivity index (χ2v) is 0. The third kappa shape index (κ3) is 286. The average molecular weight is 260 g/mol. The summed E-state index contributed by atoms with van der Waals surface area (Å²) in [5.74, 6) is 0. The molecule has 0 aliphatic carbocycles. The van der Waals surface area contributed by atoms with E-state index in [-0.39, 0.29) is 32.9 Å². The van der Waals surface area contributed by atoms with Gasteiger partial charge in [-0.25, -0.2) is 0 Å². The van der Waals surface area contributed by atoms with Gasteiger partial charge in [-0.2, -0.15) is 0 Å². The molecule has 12 N–H and O–H groups in total. The van der Waals surface area contributed by atoms with Crippen LogP contribution in [0.2, 0.25) is 0 Å². The summed E-state index contributed by atoms with van der Waals surface area (Å²) in [5, 5.41) is 0. The van der Waals surface area contributed by atoms with Crippen molar-refractivity contribution >= 4 is 31.8 Å². The minimum absolute atomic E-state index is 0. The molecule has 0 spiro atoms. The maximum absolute atomic E-state index is 4.85. The SMILES string of the molecule is O.O.O.O.O.O.[Cl][InH2]. The van der Waals surface area contributed by atoms with E-state index >= 15 is 0 Å². The second kappa shape index (κ2) is 448. The molecule has 0 unspecified atom stereocenters. The van der Waals surface area contributed by atoms with Gasteiger partial charge in [-0.1, -0.05) is 0 Å². The van der Waals surface area contributed by atoms with Crippen LogP contribution in [0, 0.1) is 0 Å². The molecule has 0 saturated heterocycles. The molecule has 0 heterocycles. The Labute approximate surface area is 64.8 Å². The molecule has 0 rings (SSSR count). The predicted molar refractivity (Wildman–Crippen MR) is 36.1 cm³/mol. The van der Waals surface area contributed by atoms with Crippen molar-refractivity contribution in [2.24, 2.45) is 0 Å². The van der Waals surface area contributed by atoms with E-state index < -0.39 is 0 Å². The van der Waals surface area contributed by atoms with Gasteiger partial charge in [0, 0.05) is 0 Å². The van der Waals surface area contributed by atoms with Crippen molar-refractivity contribution in [3.05, 3.63) is 0 Å². The summed E-state index contributed by atoms with van der Waals surface area (Å²) in [6, 6.07) is 0. The first-order valence-electron chi connectivity index (χ1n) is 0.378. The third-order valence-electron chi connectivity index (χ3n) is 0. The first kappa shape index (κ1) is 152. The van der Waals surface area contributed by atoms with Gasteiger partial charge in [-0.05, 0) is 0 Å². The molecule has 0 radical (unpaired) electrons. The molecule has 0 saturated carbocycles. The molecule has 0 fully saturated rings. The second-order valence-electron chi connectivity index (χ2n) is 0. The monoisotopic (exact) mass is 260 g/mol. The molecular formula is H14ClInO6. The molecular weight excluding hydrogens is 246 g/mol. The van der Waals surface area contributed by atoms with E-state index in [1.54, 1.807) is 0 Å². The van der Waals surface area contributed by atoms with Crippen molar-refractivity contribution in [1.82, 2.24) is 0 Å². The van der Waals surface area contributed by atoms with E-state index in [1.165, 1.54) is 0 Å². The zero-order chi connectivity index (χ0) is 2.00. The number of hydrogen-bond donors (Lipinski definition) is 0. The van der Waals surface area contributed by atoms with Crippen LogP contribution in [0.5, 0.6) is 0 Å². The number of halogens is 1. The van der Waals surface area contributed by atoms with Gasteiger partial charge in [0.2, 0.25) is 0 Å². The number of hydrogen-bond acceptors (Lipinski definition) is 0. The Morgan fingerprint density at radius 3 is 0.500 bits per heavy atom. The van der Waals surface area contributed by atoms with Gasteiger partial charge in [0.1, 0.15) is 0 Å². The summed E-state index contributed by atoms with van der Waals surface area (Å²) >= 11 is 0.422. The van der Waals surface area contributed by atoms with Gasteiger partial charge in [0.15, 0.2) is 0 Å². The fraction of sp³-hybridized carbons (Fsp3) is 0. The zero-order valence-corrected chi connectivity index (χ0v) is 10.8. The van der Waals surface area contributed by atoms with E-state index in [2.05, 4.69) is 0 Å². The van der Waals surface area contributed by atoms with E-state index in [0.717, 1.165) is 0 Å². The van der Waals surface area contributed by atoms with Crippen LogP contribution in [0.3, 0.4) is 0 Å². The summed E-state index contributed by atoms with van der Waals surface area (Å²) < 4.78 is 0. The Morgan fingerprint density at radius 2 is 0.500 bits per heavy atom. The molecule has 0 aromatic carbocycles. The molecule has 8 heteroatoms. The van der Waals surface area contributed by atoms with Crippen molar-refractivity contribution in [2.75, 3.05) is 0 Å². The Morgan fingerprint density at radius 1 is 0.500 bits per heavy atom. The van der Waals surface area contributed by atoms with Crippen LogP contribution in [0.15, 0.2) is 0 Å². The van der Waals surface area contributed by atoms with Crippen LogP contribution in [-0.2, 0) is 0 Å². The van der Waals surface area contributed by atoms with Gasteiger partial charge in [0.25, 0.3) is 0 Å². The van der Waals surface area contributed by atoms with E-state index in [0.29, 0.717) is 23.2 Å². The quantitative estimate of drug-likeness (QED) is 0.402. The summed E-state index contributed by atoms with van der Waals surface area (Å²) in [5.41, 5.74) is 0. The van der Waals surface area contributed by atoms with Crippen molar-refractivity contribution in [1.29, 1.82) is 0 Å². The molecule has 0 aliphatic heterocycles. The molecule has 60 valence electrons. The van der Waals surface area contributed by atoms with Gasteiger partial charge in [0.05, 0.1) is 0 Å². The van der Waals surface area contributed by atoms with Crippen molar-refractivity contribution in [2.45, 2.75) is 0 Å². The number of rotatable bonds is 0. The zero-order valence-electron chi connectivity index (χ0n) is 4.38. The van der Waals surface area contributed by atoms with Crippen LogP contribution in [0.1, 0.15) is 0 Å². The summed E-state index contributed by atoms with van der Waals surface area (Å²) in [6.45, 7) is 0. The Bertz CT molecular complexity index is 8.49. The minimum atomic E-state index is 0. The fourth-order valence-corrected chi connectivity index (χ4v) is 0. The fourth-order valence-electron chi connectivity index (χ4n) is 0. The molecule has 0 aliphatic rings. The Kier molecular flexibility index (Phi) is 8500. The Balaban J connectivity index is -0.000000000333. The average Bonchev–Trinajstić information content (AvgIpc) is 1.00. The van der Waals surface area contributed by atoms with Crippen LogP contribution >= 0.6 is 8.58 Å². The molecule has 0 atom stereocenters. The summed E-state index contributed by atoms with van der Waals surface area (Å²) in [6.07, 6.45) is 0. The van der Waals surface area contributed by atoms with E-state index in [9.17, 15) is 0 Å². The topological polar surface area (TPSA) is 189 Å². The molecule has 6 nitrogen and oxygen atoms in total. The molecule has 0 bridgehead atoms. The predicted octanol–water partition coefficient (Wildman–Crippen LogP) is -5.17. The van der Waals surface area contributed by atoms with E-state index in [4.69, 9.17) is 8.58 Å². The summed E-state index contributed by atoms with van der Waals surface area (Å²) in [7, 11) is 4.85. The van der Waals surface area contributed by atoms with Crippen LogP contribution in [0.4, 0.5) is 0 Å². The standard InChI is InChI=1S/ClH.In.6H2O.2H/h1H;;6*1H2;;/q;+1;;;;;;;;/p-1. The van der Waals surface area contributed by atoms with Gasteiger partial charge < -0.3 is 32.9 Å². The van der Waals surface area contributed by atoms with Crippen LogP contribution in [-0.4, -0.2) is 56.0 Å². The Hall–Kier alpha value is 0.920. The molecule has 8 heavy (non-hydrogen) atoms. The summed E-state index contributed by atoms with van der Waals surface area (Å²) in [4.78, 5) is 0.